The molecule has 1 fully saturated rings. The van der Waals surface area contributed by atoms with Gasteiger partial charge < -0.3 is 31.5 Å². The molecule has 0 bridgehead atoms. The average molecular weight is 475 g/mol. The van der Waals surface area contributed by atoms with Crippen LogP contribution in [-0.4, -0.2) is 64.9 Å². The second-order valence-corrected chi connectivity index (χ2v) is 8.52. The molecule has 0 aliphatic carbocycles. The highest BCUT2D eigenvalue weighted by Gasteiger charge is 2.19. The minimum Gasteiger partial charge on any atom is -0.365 e. The van der Waals surface area contributed by atoms with Crippen molar-refractivity contribution >= 4 is 35.1 Å². The van der Waals surface area contributed by atoms with Crippen molar-refractivity contribution in [1.29, 1.82) is 0 Å². The number of piperazine rings is 1. The molecule has 10 heteroatoms. The fraction of sp³-hybridized carbons (Fsp3) is 0.280. The zero-order chi connectivity index (χ0) is 24.8. The van der Waals surface area contributed by atoms with Crippen LogP contribution < -0.4 is 21.7 Å². The molecule has 0 spiro atoms. The first-order valence-electron chi connectivity index (χ1n) is 11.5. The number of carbonyl (C=O) groups is 2. The monoisotopic (exact) mass is 474 g/mol. The number of benzene rings is 2. The van der Waals surface area contributed by atoms with Crippen LogP contribution in [0.1, 0.15) is 28.9 Å². The van der Waals surface area contributed by atoms with E-state index in [0.29, 0.717) is 36.2 Å². The van der Waals surface area contributed by atoms with E-state index in [0.717, 1.165) is 18.7 Å². The molecule has 35 heavy (non-hydrogen) atoms. The second kappa shape index (κ2) is 10.8. The lowest BCUT2D eigenvalue weighted by Gasteiger charge is -2.32. The van der Waals surface area contributed by atoms with Crippen LogP contribution in [0.15, 0.2) is 60.8 Å². The number of nitrogens with two attached hydrogens (primary N) is 1. The van der Waals surface area contributed by atoms with Crippen LogP contribution in [0.4, 0.5) is 27.9 Å². The van der Waals surface area contributed by atoms with Crippen LogP contribution in [0, 0.1) is 0 Å². The molecular formula is C25H30N8O2. The summed E-state index contributed by atoms with van der Waals surface area (Å²) in [6.45, 7) is 5.07. The van der Waals surface area contributed by atoms with Gasteiger partial charge in [-0.2, -0.15) is 4.98 Å². The molecule has 3 aromatic rings. The smallest absolute Gasteiger partial charge is 0.321 e. The summed E-state index contributed by atoms with van der Waals surface area (Å²) in [7, 11) is 2.05. The Morgan fingerprint density at radius 2 is 1.71 bits per heavy atom. The van der Waals surface area contributed by atoms with Crippen molar-refractivity contribution < 1.29 is 9.59 Å². The molecule has 5 N–H and O–H groups in total. The third kappa shape index (κ3) is 6.24. The molecule has 1 saturated heterocycles. The van der Waals surface area contributed by atoms with Gasteiger partial charge in [0.1, 0.15) is 5.82 Å². The molecule has 1 atom stereocenters. The third-order valence-electron chi connectivity index (χ3n) is 5.87. The zero-order valence-corrected chi connectivity index (χ0v) is 19.9. The Bertz CT molecular complexity index is 1180. The van der Waals surface area contributed by atoms with Crippen LogP contribution in [0.5, 0.6) is 0 Å². The fourth-order valence-corrected chi connectivity index (χ4v) is 3.78. The summed E-state index contributed by atoms with van der Waals surface area (Å²) in [6, 6.07) is 16.9. The summed E-state index contributed by atoms with van der Waals surface area (Å²) in [5.41, 5.74) is 8.13. The van der Waals surface area contributed by atoms with E-state index in [1.165, 1.54) is 6.20 Å². The normalized spacial score (nSPS) is 14.7. The highest BCUT2D eigenvalue weighted by molar-refractivity contribution is 5.97. The highest BCUT2D eigenvalue weighted by Crippen LogP contribution is 2.24. The number of likely N-dealkylation sites (N-methyl/N-ethyl adjacent to an activating group) is 1. The summed E-state index contributed by atoms with van der Waals surface area (Å²) in [5.74, 6) is 0.0131. The van der Waals surface area contributed by atoms with Gasteiger partial charge in [0.15, 0.2) is 0 Å². The van der Waals surface area contributed by atoms with Crippen LogP contribution >= 0.6 is 0 Å². The fourth-order valence-electron chi connectivity index (χ4n) is 3.78. The van der Waals surface area contributed by atoms with Crippen molar-refractivity contribution in [1.82, 2.24) is 19.8 Å². The van der Waals surface area contributed by atoms with Gasteiger partial charge in [-0.3, -0.25) is 4.79 Å². The lowest BCUT2D eigenvalue weighted by atomic mass is 10.1. The number of nitrogens with one attached hydrogen (secondary N) is 3. The lowest BCUT2D eigenvalue weighted by Crippen LogP contribution is -2.48. The molecule has 4 rings (SSSR count). The summed E-state index contributed by atoms with van der Waals surface area (Å²) in [4.78, 5) is 37.3. The van der Waals surface area contributed by atoms with E-state index >= 15 is 0 Å². The lowest BCUT2D eigenvalue weighted by molar-refractivity contribution is 0.100. The van der Waals surface area contributed by atoms with E-state index in [-0.39, 0.29) is 17.6 Å². The third-order valence-corrected chi connectivity index (χ3v) is 5.87. The molecule has 0 radical (unpaired) electrons. The van der Waals surface area contributed by atoms with Crippen molar-refractivity contribution in [3.63, 3.8) is 0 Å². The Morgan fingerprint density at radius 3 is 2.43 bits per heavy atom. The number of rotatable bonds is 7. The maximum atomic E-state index is 12.6. The van der Waals surface area contributed by atoms with Crippen LogP contribution in [0.2, 0.25) is 0 Å². The van der Waals surface area contributed by atoms with E-state index in [2.05, 4.69) is 30.8 Å². The van der Waals surface area contributed by atoms with Gasteiger partial charge in [-0.1, -0.05) is 36.4 Å². The molecule has 0 saturated carbocycles. The summed E-state index contributed by atoms with van der Waals surface area (Å²) < 4.78 is 0. The number of nitrogens with zero attached hydrogens (tertiary/aromatic N) is 4. The Morgan fingerprint density at radius 1 is 1.00 bits per heavy atom. The molecule has 1 aromatic heterocycles. The van der Waals surface area contributed by atoms with Crippen molar-refractivity contribution in [3.8, 4) is 0 Å². The summed E-state index contributed by atoms with van der Waals surface area (Å²) >= 11 is 0. The van der Waals surface area contributed by atoms with Gasteiger partial charge >= 0.3 is 6.03 Å². The van der Waals surface area contributed by atoms with Gasteiger partial charge in [-0.25, -0.2) is 9.78 Å². The van der Waals surface area contributed by atoms with Crippen molar-refractivity contribution in [2.45, 2.75) is 13.0 Å². The van der Waals surface area contributed by atoms with Crippen LogP contribution in [0.3, 0.4) is 0 Å². The SMILES string of the molecule is C[C@@H](Nc1nc(Nc2cccc(NC(=O)N3CCN(C)CC3)c2)ncc1C(N)=O)c1ccccc1. The molecule has 0 unspecified atom stereocenters. The molecule has 10 nitrogen and oxygen atoms in total. The number of aromatic nitrogens is 2. The maximum Gasteiger partial charge on any atom is 0.321 e. The number of carbonyl (C=O) groups excluding carboxylic acids is 2. The second-order valence-electron chi connectivity index (χ2n) is 8.52. The van der Waals surface area contributed by atoms with Gasteiger partial charge in [0, 0.05) is 49.8 Å². The van der Waals surface area contributed by atoms with E-state index in [9.17, 15) is 9.59 Å². The predicted molar refractivity (Wildman–Crippen MR) is 137 cm³/mol. The Hall–Kier alpha value is -4.18. The van der Waals surface area contributed by atoms with Gasteiger partial charge in [0.2, 0.25) is 5.95 Å². The number of urea groups is 1. The largest absolute Gasteiger partial charge is 0.365 e. The number of amides is 3. The molecule has 3 amide bonds. The quantitative estimate of drug-likeness (QED) is 0.414. The first-order chi connectivity index (χ1) is 16.9. The number of hydrogen-bond donors (Lipinski definition) is 4. The van der Waals surface area contributed by atoms with Crippen molar-refractivity contribution in [2.24, 2.45) is 5.73 Å². The maximum absolute atomic E-state index is 12.6. The minimum atomic E-state index is -0.618. The van der Waals surface area contributed by atoms with Gasteiger partial charge in [0.05, 0.1) is 5.56 Å². The van der Waals surface area contributed by atoms with Crippen molar-refractivity contribution in [3.05, 3.63) is 71.9 Å². The number of hydrogen-bond acceptors (Lipinski definition) is 7. The van der Waals surface area contributed by atoms with Crippen LogP contribution in [-0.2, 0) is 0 Å². The average Bonchev–Trinajstić information content (AvgIpc) is 2.85. The van der Waals surface area contributed by atoms with Gasteiger partial charge in [-0.05, 0) is 37.7 Å². The number of primary amides is 1. The van der Waals surface area contributed by atoms with E-state index in [1.54, 1.807) is 11.0 Å². The molecular weight excluding hydrogens is 444 g/mol. The minimum absolute atomic E-state index is 0.106. The molecule has 1 aliphatic rings. The first kappa shape index (κ1) is 24.0. The first-order valence-corrected chi connectivity index (χ1v) is 11.5. The molecule has 1 aliphatic heterocycles. The van der Waals surface area contributed by atoms with Crippen LogP contribution in [0.25, 0.3) is 0 Å². The molecule has 182 valence electrons. The number of anilines is 4. The van der Waals surface area contributed by atoms with E-state index in [1.807, 2.05) is 62.5 Å². The summed E-state index contributed by atoms with van der Waals surface area (Å²) in [5, 5.41) is 9.34. The Balaban J connectivity index is 1.47. The molecule has 2 heterocycles. The van der Waals surface area contributed by atoms with Gasteiger partial charge in [0.25, 0.3) is 5.91 Å². The molecule has 2 aromatic carbocycles. The van der Waals surface area contributed by atoms with E-state index < -0.39 is 5.91 Å². The van der Waals surface area contributed by atoms with E-state index in [4.69, 9.17) is 5.73 Å². The summed E-state index contributed by atoms with van der Waals surface area (Å²) in [6.07, 6.45) is 1.40. The standard InChI is InChI=1S/C25H30N8O2/c1-17(18-7-4-3-5-8-18)28-23-21(22(26)34)16-27-24(31-23)29-19-9-6-10-20(15-19)30-25(35)33-13-11-32(2)12-14-33/h3-10,15-17H,11-14H2,1-2H3,(H2,26,34)(H,30,35)(H2,27,28,29,31)/t17-/m1/s1. The Kier molecular flexibility index (Phi) is 7.41. The zero-order valence-electron chi connectivity index (χ0n) is 19.9. The predicted octanol–water partition coefficient (Wildman–Crippen LogP) is 3.27. The van der Waals surface area contributed by atoms with Crippen molar-refractivity contribution in [2.75, 3.05) is 49.2 Å². The Labute approximate surface area is 204 Å². The van der Waals surface area contributed by atoms with Gasteiger partial charge in [-0.15, -0.1) is 0 Å². The highest BCUT2D eigenvalue weighted by atomic mass is 16.2. The topological polar surface area (TPSA) is 129 Å².